The number of rotatable bonds is 5. The topological polar surface area (TPSA) is 94.1 Å². The SMILES string of the molecule is N/C(CC1(c2ccccc2)CCC2(CC1)OCCO2)=N\CC(=O)O. The van der Waals surface area contributed by atoms with Crippen LogP contribution in [0.1, 0.15) is 37.7 Å². The molecular weight excluding hydrogens is 308 g/mol. The normalized spacial score (nSPS) is 22.6. The number of nitrogens with two attached hydrogens (primary N) is 1. The van der Waals surface area contributed by atoms with E-state index < -0.39 is 11.8 Å². The van der Waals surface area contributed by atoms with Crippen molar-refractivity contribution in [2.24, 2.45) is 10.7 Å². The molecule has 3 rings (SSSR count). The number of hydrogen-bond donors (Lipinski definition) is 2. The number of amidine groups is 1. The molecule has 1 heterocycles. The molecule has 2 aliphatic rings. The van der Waals surface area contributed by atoms with Gasteiger partial charge in [-0.15, -0.1) is 0 Å². The molecule has 1 aromatic carbocycles. The van der Waals surface area contributed by atoms with E-state index in [1.54, 1.807) is 0 Å². The van der Waals surface area contributed by atoms with E-state index in [0.29, 0.717) is 25.5 Å². The van der Waals surface area contributed by atoms with Crippen LogP contribution in [0.3, 0.4) is 0 Å². The van der Waals surface area contributed by atoms with E-state index in [1.807, 2.05) is 18.2 Å². The van der Waals surface area contributed by atoms with E-state index in [0.717, 1.165) is 25.7 Å². The first-order valence-electron chi connectivity index (χ1n) is 8.38. The van der Waals surface area contributed by atoms with Crippen LogP contribution in [0.5, 0.6) is 0 Å². The van der Waals surface area contributed by atoms with Crippen molar-refractivity contribution in [3.8, 4) is 0 Å². The highest BCUT2D eigenvalue weighted by atomic mass is 16.7. The third kappa shape index (κ3) is 3.60. The van der Waals surface area contributed by atoms with Gasteiger partial charge < -0.3 is 20.3 Å². The molecule has 1 aliphatic carbocycles. The molecule has 6 nitrogen and oxygen atoms in total. The summed E-state index contributed by atoms with van der Waals surface area (Å²) in [6.45, 7) is 1.02. The number of aliphatic carboxylic acids is 1. The van der Waals surface area contributed by atoms with Gasteiger partial charge in [-0.25, -0.2) is 0 Å². The summed E-state index contributed by atoms with van der Waals surface area (Å²) in [5.41, 5.74) is 7.11. The lowest BCUT2D eigenvalue weighted by molar-refractivity contribution is -0.184. The lowest BCUT2D eigenvalue weighted by Crippen LogP contribution is -2.44. The number of carbonyl (C=O) groups is 1. The Bertz CT molecular complexity index is 599. The molecule has 0 bridgehead atoms. The van der Waals surface area contributed by atoms with Gasteiger partial charge >= 0.3 is 5.97 Å². The van der Waals surface area contributed by atoms with E-state index >= 15 is 0 Å². The molecule has 1 saturated carbocycles. The summed E-state index contributed by atoms with van der Waals surface area (Å²) in [6, 6.07) is 10.3. The molecule has 2 fully saturated rings. The fourth-order valence-electron chi connectivity index (χ4n) is 3.83. The Balaban J connectivity index is 1.80. The maximum Gasteiger partial charge on any atom is 0.325 e. The lowest BCUT2D eigenvalue weighted by atomic mass is 9.65. The van der Waals surface area contributed by atoms with Gasteiger partial charge in [-0.1, -0.05) is 30.3 Å². The van der Waals surface area contributed by atoms with Gasteiger partial charge in [0.2, 0.25) is 0 Å². The van der Waals surface area contributed by atoms with Crippen LogP contribution in [0.15, 0.2) is 35.3 Å². The Labute approximate surface area is 141 Å². The molecule has 1 aromatic rings. The molecule has 0 amide bonds. The van der Waals surface area contributed by atoms with E-state index in [9.17, 15) is 4.79 Å². The van der Waals surface area contributed by atoms with E-state index in [4.69, 9.17) is 20.3 Å². The minimum Gasteiger partial charge on any atom is -0.480 e. The van der Waals surface area contributed by atoms with Crippen molar-refractivity contribution in [2.45, 2.75) is 43.3 Å². The standard InChI is InChI=1S/C18H24N2O4/c19-15(20-13-16(21)22)12-17(14-4-2-1-3-5-14)6-8-18(9-7-17)23-10-11-24-18/h1-5H,6-13H2,(H2,19,20)(H,21,22). The number of benzene rings is 1. The number of carboxylic acid groups (broad SMARTS) is 1. The summed E-state index contributed by atoms with van der Waals surface area (Å²) < 4.78 is 11.7. The summed E-state index contributed by atoms with van der Waals surface area (Å²) in [5.74, 6) is -1.02. The second-order valence-corrected chi connectivity index (χ2v) is 6.63. The summed E-state index contributed by atoms with van der Waals surface area (Å²) in [6.07, 6.45) is 3.93. The summed E-state index contributed by atoms with van der Waals surface area (Å²) >= 11 is 0. The van der Waals surface area contributed by atoms with Crippen LogP contribution in [0, 0.1) is 0 Å². The van der Waals surface area contributed by atoms with E-state index in [1.165, 1.54) is 5.56 Å². The molecule has 0 atom stereocenters. The van der Waals surface area contributed by atoms with Gasteiger partial charge in [0.25, 0.3) is 0 Å². The highest BCUT2D eigenvalue weighted by Crippen LogP contribution is 2.48. The highest BCUT2D eigenvalue weighted by molar-refractivity contribution is 5.84. The highest BCUT2D eigenvalue weighted by Gasteiger charge is 2.47. The molecule has 3 N–H and O–H groups in total. The van der Waals surface area contributed by atoms with Crippen molar-refractivity contribution in [1.82, 2.24) is 0 Å². The average molecular weight is 332 g/mol. The van der Waals surface area contributed by atoms with Gasteiger partial charge in [0, 0.05) is 24.7 Å². The quantitative estimate of drug-likeness (QED) is 0.636. The molecule has 1 saturated heterocycles. The first kappa shape index (κ1) is 16.9. The third-order valence-electron chi connectivity index (χ3n) is 5.11. The van der Waals surface area contributed by atoms with Gasteiger partial charge in [0.15, 0.2) is 5.79 Å². The Hall–Kier alpha value is -1.92. The maximum absolute atomic E-state index is 10.7. The lowest BCUT2D eigenvalue weighted by Gasteiger charge is -2.44. The smallest absolute Gasteiger partial charge is 0.325 e. The van der Waals surface area contributed by atoms with Gasteiger partial charge in [-0.3, -0.25) is 9.79 Å². The molecule has 0 radical (unpaired) electrons. The zero-order valence-electron chi connectivity index (χ0n) is 13.7. The molecule has 1 aliphatic heterocycles. The molecule has 130 valence electrons. The summed E-state index contributed by atoms with van der Waals surface area (Å²) in [7, 11) is 0. The van der Waals surface area contributed by atoms with Crippen molar-refractivity contribution in [3.05, 3.63) is 35.9 Å². The number of hydrogen-bond acceptors (Lipinski definition) is 4. The van der Waals surface area contributed by atoms with Crippen molar-refractivity contribution in [2.75, 3.05) is 19.8 Å². The van der Waals surface area contributed by atoms with Crippen LogP contribution in [0.4, 0.5) is 0 Å². The monoisotopic (exact) mass is 332 g/mol. The van der Waals surface area contributed by atoms with E-state index in [-0.39, 0.29) is 12.0 Å². The first-order valence-corrected chi connectivity index (χ1v) is 8.38. The van der Waals surface area contributed by atoms with Crippen LogP contribution in [-0.4, -0.2) is 42.5 Å². The molecule has 0 aromatic heterocycles. The van der Waals surface area contributed by atoms with Crippen molar-refractivity contribution >= 4 is 11.8 Å². The second-order valence-electron chi connectivity index (χ2n) is 6.63. The Morgan fingerprint density at radius 2 is 1.75 bits per heavy atom. The molecule has 24 heavy (non-hydrogen) atoms. The van der Waals surface area contributed by atoms with Crippen LogP contribution < -0.4 is 5.73 Å². The third-order valence-corrected chi connectivity index (χ3v) is 5.11. The predicted molar refractivity (Wildman–Crippen MR) is 90.0 cm³/mol. The minimum atomic E-state index is -0.970. The zero-order chi connectivity index (χ0) is 17.0. The van der Waals surface area contributed by atoms with Crippen LogP contribution >= 0.6 is 0 Å². The second kappa shape index (κ2) is 6.91. The fraction of sp³-hybridized carbons (Fsp3) is 0.556. The number of ether oxygens (including phenoxy) is 2. The van der Waals surface area contributed by atoms with Gasteiger partial charge in [0.05, 0.1) is 19.0 Å². The average Bonchev–Trinajstić information content (AvgIpc) is 3.05. The van der Waals surface area contributed by atoms with Crippen molar-refractivity contribution < 1.29 is 19.4 Å². The van der Waals surface area contributed by atoms with Crippen LogP contribution in [0.2, 0.25) is 0 Å². The molecule has 0 unspecified atom stereocenters. The van der Waals surface area contributed by atoms with Crippen molar-refractivity contribution in [3.63, 3.8) is 0 Å². The van der Waals surface area contributed by atoms with Crippen LogP contribution in [-0.2, 0) is 19.7 Å². The Morgan fingerprint density at radius 3 is 2.33 bits per heavy atom. The van der Waals surface area contributed by atoms with Crippen LogP contribution in [0.25, 0.3) is 0 Å². The maximum atomic E-state index is 10.7. The number of carboxylic acids is 1. The largest absolute Gasteiger partial charge is 0.480 e. The number of nitrogens with zero attached hydrogens (tertiary/aromatic N) is 1. The predicted octanol–water partition coefficient (Wildman–Crippen LogP) is 2.07. The molecular formula is C18H24N2O4. The van der Waals surface area contributed by atoms with Gasteiger partial charge in [0.1, 0.15) is 6.54 Å². The summed E-state index contributed by atoms with van der Waals surface area (Å²) in [4.78, 5) is 14.7. The molecule has 1 spiro atoms. The number of aliphatic imine (C=N–C) groups is 1. The molecule has 6 heteroatoms. The first-order chi connectivity index (χ1) is 11.5. The van der Waals surface area contributed by atoms with Gasteiger partial charge in [-0.05, 0) is 18.4 Å². The summed E-state index contributed by atoms with van der Waals surface area (Å²) in [5, 5.41) is 8.79. The van der Waals surface area contributed by atoms with Gasteiger partial charge in [-0.2, -0.15) is 0 Å². The fourth-order valence-corrected chi connectivity index (χ4v) is 3.83. The Morgan fingerprint density at radius 1 is 1.12 bits per heavy atom. The minimum absolute atomic E-state index is 0.145. The van der Waals surface area contributed by atoms with E-state index in [2.05, 4.69) is 17.1 Å². The van der Waals surface area contributed by atoms with Crippen molar-refractivity contribution in [1.29, 1.82) is 0 Å². The Kier molecular flexibility index (Phi) is 4.87. The zero-order valence-corrected chi connectivity index (χ0v) is 13.7.